The van der Waals surface area contributed by atoms with Gasteiger partial charge in [0.15, 0.2) is 0 Å². The highest BCUT2D eigenvalue weighted by molar-refractivity contribution is 7.99. The molecule has 0 fully saturated rings. The van der Waals surface area contributed by atoms with Crippen molar-refractivity contribution >= 4 is 23.5 Å². The second-order valence-electron chi connectivity index (χ2n) is 4.96. The van der Waals surface area contributed by atoms with Crippen LogP contribution in [0.3, 0.4) is 0 Å². The van der Waals surface area contributed by atoms with Gasteiger partial charge in [-0.05, 0) is 33.4 Å². The predicted molar refractivity (Wildman–Crippen MR) is 81.6 cm³/mol. The molecule has 0 aromatic carbocycles. The normalized spacial score (nSPS) is 11.4. The summed E-state index contributed by atoms with van der Waals surface area (Å²) in [5.74, 6) is 1.60. The Hall–Kier alpha value is -0.970. The Morgan fingerprint density at radius 3 is 2.61 bits per heavy atom. The van der Waals surface area contributed by atoms with Crippen molar-refractivity contribution in [3.8, 4) is 0 Å². The van der Waals surface area contributed by atoms with E-state index in [0.717, 1.165) is 31.0 Å². The van der Waals surface area contributed by atoms with E-state index in [1.165, 1.54) is 0 Å². The van der Waals surface area contributed by atoms with Crippen LogP contribution in [0.15, 0.2) is 6.07 Å². The summed E-state index contributed by atoms with van der Waals surface area (Å²) in [5.41, 5.74) is 0.980. The van der Waals surface area contributed by atoms with Crippen LogP contribution < -0.4 is 10.6 Å². The van der Waals surface area contributed by atoms with Gasteiger partial charge in [0, 0.05) is 29.6 Å². The smallest absolute Gasteiger partial charge is 0.224 e. The maximum absolute atomic E-state index is 4.47. The first kappa shape index (κ1) is 15.1. The lowest BCUT2D eigenvalue weighted by Crippen LogP contribution is -2.26. The molecule has 0 aliphatic carbocycles. The number of hydrogen-bond acceptors (Lipinski definition) is 5. The maximum atomic E-state index is 4.47. The molecule has 0 amide bonds. The molecule has 0 unspecified atom stereocenters. The summed E-state index contributed by atoms with van der Waals surface area (Å²) < 4.78 is 0.204. The molecular formula is C13H24N4S. The molecule has 0 radical (unpaired) electrons. The lowest BCUT2D eigenvalue weighted by molar-refractivity contribution is 0.749. The highest BCUT2D eigenvalue weighted by Crippen LogP contribution is 2.21. The van der Waals surface area contributed by atoms with Crippen molar-refractivity contribution in [1.82, 2.24) is 9.97 Å². The van der Waals surface area contributed by atoms with Crippen LogP contribution in [-0.2, 0) is 0 Å². The zero-order chi connectivity index (χ0) is 13.6. The second-order valence-corrected chi connectivity index (χ2v) is 6.48. The number of nitrogens with one attached hydrogen (secondary N) is 2. The first-order valence-corrected chi connectivity index (χ1v) is 7.58. The van der Waals surface area contributed by atoms with E-state index >= 15 is 0 Å². The second kappa shape index (κ2) is 6.83. The lowest BCUT2D eigenvalue weighted by atomic mass is 10.2. The first-order valence-electron chi connectivity index (χ1n) is 6.35. The van der Waals surface area contributed by atoms with Crippen LogP contribution in [0.25, 0.3) is 0 Å². The van der Waals surface area contributed by atoms with E-state index in [-0.39, 0.29) is 4.75 Å². The molecule has 0 aliphatic rings. The van der Waals surface area contributed by atoms with Gasteiger partial charge in [-0.3, -0.25) is 0 Å². The summed E-state index contributed by atoms with van der Waals surface area (Å²) in [4.78, 5) is 8.83. The van der Waals surface area contributed by atoms with Crippen molar-refractivity contribution in [3.05, 3.63) is 11.8 Å². The van der Waals surface area contributed by atoms with Crippen molar-refractivity contribution in [1.29, 1.82) is 0 Å². The van der Waals surface area contributed by atoms with Gasteiger partial charge in [-0.25, -0.2) is 4.98 Å². The van der Waals surface area contributed by atoms with Crippen LogP contribution >= 0.6 is 11.8 Å². The summed E-state index contributed by atoms with van der Waals surface area (Å²) in [6.45, 7) is 10.3. The van der Waals surface area contributed by atoms with Crippen molar-refractivity contribution < 1.29 is 0 Å². The van der Waals surface area contributed by atoms with Gasteiger partial charge in [-0.2, -0.15) is 16.7 Å². The zero-order valence-electron chi connectivity index (χ0n) is 12.0. The van der Waals surface area contributed by atoms with Crippen molar-refractivity contribution in [2.24, 2.45) is 0 Å². The molecule has 0 saturated carbocycles. The third-order valence-electron chi connectivity index (χ3n) is 2.64. The summed E-state index contributed by atoms with van der Waals surface area (Å²) in [6, 6.07) is 1.98. The summed E-state index contributed by atoms with van der Waals surface area (Å²) in [5, 5.41) is 6.60. The molecular weight excluding hydrogens is 244 g/mol. The average Bonchev–Trinajstić information content (AvgIpc) is 2.33. The molecule has 5 heteroatoms. The van der Waals surface area contributed by atoms with Crippen LogP contribution in [0.1, 0.15) is 32.9 Å². The summed E-state index contributed by atoms with van der Waals surface area (Å²) >= 11 is 1.85. The zero-order valence-corrected chi connectivity index (χ0v) is 12.8. The van der Waals surface area contributed by atoms with Gasteiger partial charge in [-0.1, -0.05) is 6.92 Å². The Kier molecular flexibility index (Phi) is 5.72. The van der Waals surface area contributed by atoms with Gasteiger partial charge in [0.2, 0.25) is 5.95 Å². The van der Waals surface area contributed by atoms with E-state index in [2.05, 4.69) is 47.6 Å². The van der Waals surface area contributed by atoms with E-state index in [1.807, 2.05) is 24.8 Å². The molecule has 2 N–H and O–H groups in total. The quantitative estimate of drug-likeness (QED) is 0.795. The molecule has 1 aromatic heterocycles. The maximum Gasteiger partial charge on any atom is 0.224 e. The number of thioether (sulfide) groups is 1. The Labute approximate surface area is 114 Å². The van der Waals surface area contributed by atoms with Crippen LogP contribution in [0.5, 0.6) is 0 Å². The largest absolute Gasteiger partial charge is 0.369 e. The highest BCUT2D eigenvalue weighted by Gasteiger charge is 2.15. The first-order chi connectivity index (χ1) is 8.46. The molecule has 1 aromatic rings. The number of hydrogen-bond donors (Lipinski definition) is 2. The SMILES string of the molecule is CCCNc1nc(C)cc(NCC(C)(C)SC)n1. The Morgan fingerprint density at radius 2 is 2.00 bits per heavy atom. The summed E-state index contributed by atoms with van der Waals surface area (Å²) in [7, 11) is 0. The number of anilines is 2. The van der Waals surface area contributed by atoms with Gasteiger partial charge in [0.1, 0.15) is 5.82 Å². The van der Waals surface area contributed by atoms with Crippen LogP contribution in [0.4, 0.5) is 11.8 Å². The van der Waals surface area contributed by atoms with E-state index < -0.39 is 0 Å². The average molecular weight is 268 g/mol. The molecule has 1 heterocycles. The van der Waals surface area contributed by atoms with Crippen LogP contribution in [0, 0.1) is 6.92 Å². The van der Waals surface area contributed by atoms with Crippen molar-refractivity contribution in [2.75, 3.05) is 30.0 Å². The van der Waals surface area contributed by atoms with E-state index in [1.54, 1.807) is 0 Å². The molecule has 0 atom stereocenters. The minimum Gasteiger partial charge on any atom is -0.369 e. The Bertz CT molecular complexity index is 379. The van der Waals surface area contributed by atoms with E-state index in [9.17, 15) is 0 Å². The number of nitrogens with zero attached hydrogens (tertiary/aromatic N) is 2. The molecule has 18 heavy (non-hydrogen) atoms. The van der Waals surface area contributed by atoms with Crippen molar-refractivity contribution in [2.45, 2.75) is 38.9 Å². The third-order valence-corrected chi connectivity index (χ3v) is 3.88. The fourth-order valence-corrected chi connectivity index (χ4v) is 1.57. The van der Waals surface area contributed by atoms with E-state index in [0.29, 0.717) is 5.95 Å². The molecule has 0 bridgehead atoms. The topological polar surface area (TPSA) is 49.8 Å². The van der Waals surface area contributed by atoms with Gasteiger partial charge in [0.25, 0.3) is 0 Å². The van der Waals surface area contributed by atoms with Gasteiger partial charge in [0.05, 0.1) is 0 Å². The number of aryl methyl sites for hydroxylation is 1. The standard InChI is InChI=1S/C13H24N4S/c1-6-7-14-12-16-10(2)8-11(17-12)15-9-13(3,4)18-5/h8H,6-7,9H2,1-5H3,(H2,14,15,16,17). The fraction of sp³-hybridized carbons (Fsp3) is 0.692. The Morgan fingerprint density at radius 1 is 1.28 bits per heavy atom. The summed E-state index contributed by atoms with van der Waals surface area (Å²) in [6.07, 6.45) is 3.20. The minimum absolute atomic E-state index is 0.204. The highest BCUT2D eigenvalue weighted by atomic mass is 32.2. The fourth-order valence-electron chi connectivity index (χ4n) is 1.35. The molecule has 0 spiro atoms. The van der Waals surface area contributed by atoms with Gasteiger partial charge in [-0.15, -0.1) is 0 Å². The van der Waals surface area contributed by atoms with Gasteiger partial charge < -0.3 is 10.6 Å². The van der Waals surface area contributed by atoms with Gasteiger partial charge >= 0.3 is 0 Å². The number of rotatable bonds is 7. The molecule has 1 rings (SSSR count). The number of aromatic nitrogens is 2. The molecule has 0 aliphatic heterocycles. The third kappa shape index (κ3) is 5.12. The van der Waals surface area contributed by atoms with Crippen LogP contribution in [0.2, 0.25) is 0 Å². The molecule has 102 valence electrons. The molecule has 4 nitrogen and oxygen atoms in total. The predicted octanol–water partition coefficient (Wildman–Crippen LogP) is 3.16. The van der Waals surface area contributed by atoms with Crippen LogP contribution in [-0.4, -0.2) is 34.1 Å². The Balaban J connectivity index is 2.68. The monoisotopic (exact) mass is 268 g/mol. The van der Waals surface area contributed by atoms with E-state index in [4.69, 9.17) is 0 Å². The van der Waals surface area contributed by atoms with Crippen molar-refractivity contribution in [3.63, 3.8) is 0 Å². The lowest BCUT2D eigenvalue weighted by Gasteiger charge is -2.22. The molecule has 0 saturated heterocycles. The minimum atomic E-state index is 0.204.